The van der Waals surface area contributed by atoms with Gasteiger partial charge in [0.2, 0.25) is 0 Å². The Balaban J connectivity index is 2.68. The largest absolute Gasteiger partial charge is 0.456 e. The van der Waals surface area contributed by atoms with Crippen molar-refractivity contribution in [2.24, 2.45) is 5.92 Å². The van der Waals surface area contributed by atoms with Crippen molar-refractivity contribution >= 4 is 11.8 Å². The molecule has 5 nitrogen and oxygen atoms in total. The van der Waals surface area contributed by atoms with Crippen LogP contribution in [0.25, 0.3) is 0 Å². The molecule has 0 amide bonds. The zero-order chi connectivity index (χ0) is 14.6. The second-order valence-electron chi connectivity index (χ2n) is 5.10. The number of ketones is 1. The Morgan fingerprint density at radius 2 is 1.95 bits per heavy atom. The van der Waals surface area contributed by atoms with Crippen molar-refractivity contribution in [1.82, 2.24) is 0 Å². The lowest BCUT2D eigenvalue weighted by Gasteiger charge is -2.23. The summed E-state index contributed by atoms with van der Waals surface area (Å²) in [4.78, 5) is 22.7. The molecule has 0 aromatic rings. The average molecular weight is 270 g/mol. The Hall–Kier alpha value is -1.20. The molecule has 4 unspecified atom stereocenters. The molecule has 1 saturated carbocycles. The molecule has 5 heteroatoms. The van der Waals surface area contributed by atoms with Crippen LogP contribution in [0, 0.1) is 5.92 Å². The van der Waals surface area contributed by atoms with Crippen molar-refractivity contribution in [3.63, 3.8) is 0 Å². The number of aliphatic hydroxyl groups is 2. The van der Waals surface area contributed by atoms with Gasteiger partial charge in [-0.1, -0.05) is 13.5 Å². The van der Waals surface area contributed by atoms with Crippen LogP contribution >= 0.6 is 0 Å². The number of esters is 1. The smallest absolute Gasteiger partial charge is 0.333 e. The first-order chi connectivity index (χ1) is 8.86. The summed E-state index contributed by atoms with van der Waals surface area (Å²) in [6, 6.07) is 0. The normalized spacial score (nSPS) is 30.1. The summed E-state index contributed by atoms with van der Waals surface area (Å²) in [7, 11) is 0. The van der Waals surface area contributed by atoms with Crippen molar-refractivity contribution in [3.8, 4) is 0 Å². The van der Waals surface area contributed by atoms with Gasteiger partial charge in [-0.15, -0.1) is 0 Å². The third-order valence-corrected chi connectivity index (χ3v) is 3.57. The topological polar surface area (TPSA) is 83.8 Å². The number of rotatable bonds is 6. The van der Waals surface area contributed by atoms with Gasteiger partial charge in [-0.2, -0.15) is 0 Å². The SMILES string of the molecule is C=C(CC)C(=O)OC1C(O)CC(O)C1CCC(C)=O. The standard InChI is InChI=1S/C14H22O5/c1-4-8(2)14(18)19-13-10(6-5-9(3)15)11(16)7-12(13)17/h10-13,16-17H,2,4-7H2,1,3H3. The van der Waals surface area contributed by atoms with Gasteiger partial charge in [-0.05, 0) is 19.8 Å². The molecule has 0 aromatic heterocycles. The van der Waals surface area contributed by atoms with E-state index in [1.807, 2.05) is 0 Å². The van der Waals surface area contributed by atoms with E-state index in [0.717, 1.165) is 0 Å². The predicted octanol–water partition coefficient (Wildman–Crippen LogP) is 0.975. The van der Waals surface area contributed by atoms with Crippen LogP contribution in [0.1, 0.15) is 39.5 Å². The van der Waals surface area contributed by atoms with E-state index in [9.17, 15) is 19.8 Å². The Morgan fingerprint density at radius 1 is 1.32 bits per heavy atom. The lowest BCUT2D eigenvalue weighted by atomic mass is 9.96. The molecule has 0 saturated heterocycles. The molecule has 2 N–H and O–H groups in total. The number of hydrogen-bond donors (Lipinski definition) is 2. The Labute approximate surface area is 113 Å². The maximum atomic E-state index is 11.7. The van der Waals surface area contributed by atoms with E-state index in [0.29, 0.717) is 24.8 Å². The molecule has 0 spiro atoms. The van der Waals surface area contributed by atoms with Crippen LogP contribution in [0.2, 0.25) is 0 Å². The Kier molecular flexibility index (Phi) is 5.69. The summed E-state index contributed by atoms with van der Waals surface area (Å²) < 4.78 is 5.23. The second-order valence-corrected chi connectivity index (χ2v) is 5.10. The van der Waals surface area contributed by atoms with Gasteiger partial charge in [0.1, 0.15) is 11.9 Å². The fourth-order valence-corrected chi connectivity index (χ4v) is 2.30. The molecular formula is C14H22O5. The lowest BCUT2D eigenvalue weighted by Crippen LogP contribution is -2.33. The summed E-state index contributed by atoms with van der Waals surface area (Å²) in [6.07, 6.45) is -1.05. The van der Waals surface area contributed by atoms with Gasteiger partial charge in [-0.3, -0.25) is 0 Å². The maximum Gasteiger partial charge on any atom is 0.333 e. The fraction of sp³-hybridized carbons (Fsp3) is 0.714. The van der Waals surface area contributed by atoms with Crippen LogP contribution in [0.4, 0.5) is 0 Å². The number of ether oxygens (including phenoxy) is 1. The zero-order valence-corrected chi connectivity index (χ0v) is 11.5. The average Bonchev–Trinajstić information content (AvgIpc) is 2.60. The van der Waals surface area contributed by atoms with E-state index in [-0.39, 0.29) is 12.2 Å². The van der Waals surface area contributed by atoms with E-state index in [1.165, 1.54) is 6.92 Å². The van der Waals surface area contributed by atoms with Crippen LogP contribution in [-0.2, 0) is 14.3 Å². The van der Waals surface area contributed by atoms with Gasteiger partial charge < -0.3 is 19.7 Å². The molecule has 1 rings (SSSR count). The number of carbonyl (C=O) groups excluding carboxylic acids is 2. The summed E-state index contributed by atoms with van der Waals surface area (Å²) >= 11 is 0. The summed E-state index contributed by atoms with van der Waals surface area (Å²) in [5.41, 5.74) is 0.332. The minimum Gasteiger partial charge on any atom is -0.456 e. The zero-order valence-electron chi connectivity index (χ0n) is 11.5. The highest BCUT2D eigenvalue weighted by Crippen LogP contribution is 2.33. The quantitative estimate of drug-likeness (QED) is 0.555. The predicted molar refractivity (Wildman–Crippen MR) is 69.3 cm³/mol. The lowest BCUT2D eigenvalue weighted by molar-refractivity contribution is -0.152. The minimum absolute atomic E-state index is 0.0108. The van der Waals surface area contributed by atoms with Crippen molar-refractivity contribution < 1.29 is 24.5 Å². The molecule has 0 aromatic carbocycles. The van der Waals surface area contributed by atoms with Gasteiger partial charge in [0.25, 0.3) is 0 Å². The molecule has 1 aliphatic rings. The molecule has 1 aliphatic carbocycles. The highest BCUT2D eigenvalue weighted by molar-refractivity contribution is 5.87. The third kappa shape index (κ3) is 4.14. The number of Topliss-reactive ketones (excluding diaryl/α,β-unsaturated/α-hetero) is 1. The summed E-state index contributed by atoms with van der Waals surface area (Å²) in [6.45, 7) is 6.84. The second kappa shape index (κ2) is 6.82. The van der Waals surface area contributed by atoms with E-state index in [1.54, 1.807) is 6.92 Å². The van der Waals surface area contributed by atoms with Gasteiger partial charge in [0, 0.05) is 24.3 Å². The first-order valence-electron chi connectivity index (χ1n) is 6.61. The van der Waals surface area contributed by atoms with E-state index >= 15 is 0 Å². The van der Waals surface area contributed by atoms with Gasteiger partial charge in [0.15, 0.2) is 0 Å². The van der Waals surface area contributed by atoms with E-state index in [4.69, 9.17) is 4.74 Å². The molecule has 19 heavy (non-hydrogen) atoms. The Bertz CT molecular complexity index is 363. The fourth-order valence-electron chi connectivity index (χ4n) is 2.30. The molecule has 0 bridgehead atoms. The number of carbonyl (C=O) groups is 2. The van der Waals surface area contributed by atoms with Crippen LogP contribution in [0.3, 0.4) is 0 Å². The van der Waals surface area contributed by atoms with Crippen LogP contribution < -0.4 is 0 Å². The van der Waals surface area contributed by atoms with Crippen molar-refractivity contribution in [3.05, 3.63) is 12.2 Å². The van der Waals surface area contributed by atoms with Gasteiger partial charge in [-0.25, -0.2) is 4.79 Å². The maximum absolute atomic E-state index is 11.7. The molecule has 1 fully saturated rings. The van der Waals surface area contributed by atoms with E-state index < -0.39 is 30.2 Å². The van der Waals surface area contributed by atoms with Gasteiger partial charge in [0.05, 0.1) is 12.2 Å². The third-order valence-electron chi connectivity index (χ3n) is 3.57. The highest BCUT2D eigenvalue weighted by Gasteiger charge is 2.44. The van der Waals surface area contributed by atoms with Crippen LogP contribution in [0.5, 0.6) is 0 Å². The summed E-state index contributed by atoms with van der Waals surface area (Å²) in [5, 5.41) is 19.7. The molecule has 0 heterocycles. The number of hydrogen-bond acceptors (Lipinski definition) is 5. The molecule has 108 valence electrons. The molecule has 0 aliphatic heterocycles. The monoisotopic (exact) mass is 270 g/mol. The van der Waals surface area contributed by atoms with Crippen molar-refractivity contribution in [2.45, 2.75) is 57.8 Å². The van der Waals surface area contributed by atoms with E-state index in [2.05, 4.69) is 6.58 Å². The highest BCUT2D eigenvalue weighted by atomic mass is 16.6. The summed E-state index contributed by atoms with van der Waals surface area (Å²) in [5.74, 6) is -0.933. The molecule has 0 radical (unpaired) electrons. The van der Waals surface area contributed by atoms with Crippen LogP contribution in [-0.4, -0.2) is 40.3 Å². The number of aliphatic hydroxyl groups excluding tert-OH is 2. The van der Waals surface area contributed by atoms with Crippen molar-refractivity contribution in [1.29, 1.82) is 0 Å². The first-order valence-corrected chi connectivity index (χ1v) is 6.61. The minimum atomic E-state index is -0.888. The molecule has 4 atom stereocenters. The van der Waals surface area contributed by atoms with Gasteiger partial charge >= 0.3 is 5.97 Å². The van der Waals surface area contributed by atoms with Crippen LogP contribution in [0.15, 0.2) is 12.2 Å². The Morgan fingerprint density at radius 3 is 2.47 bits per heavy atom. The molecular weight excluding hydrogens is 248 g/mol. The first kappa shape index (κ1) is 15.9. The van der Waals surface area contributed by atoms with Crippen molar-refractivity contribution in [2.75, 3.05) is 0 Å².